The fourth-order valence-electron chi connectivity index (χ4n) is 1.98. The van der Waals surface area contributed by atoms with E-state index in [1.807, 2.05) is 0 Å². The molecule has 0 aliphatic rings. The van der Waals surface area contributed by atoms with E-state index in [2.05, 4.69) is 10.3 Å². The van der Waals surface area contributed by atoms with Crippen LogP contribution in [-0.2, 0) is 0 Å². The highest BCUT2D eigenvalue weighted by Gasteiger charge is 2.16. The molecule has 2 aromatic carbocycles. The van der Waals surface area contributed by atoms with Gasteiger partial charge in [-0.05, 0) is 48.5 Å². The van der Waals surface area contributed by atoms with Crippen LogP contribution in [0.4, 0.5) is 0 Å². The van der Waals surface area contributed by atoms with Crippen LogP contribution < -0.4 is 9.47 Å². The number of benzene rings is 2. The van der Waals surface area contributed by atoms with E-state index in [-0.39, 0.29) is 11.4 Å². The van der Waals surface area contributed by atoms with Gasteiger partial charge in [0.15, 0.2) is 0 Å². The third-order valence-electron chi connectivity index (χ3n) is 3.15. The van der Waals surface area contributed by atoms with Gasteiger partial charge in [-0.2, -0.15) is 0 Å². The quantitative estimate of drug-likeness (QED) is 0.505. The molecule has 0 aromatic heterocycles. The number of oxime groups is 2. The van der Waals surface area contributed by atoms with Crippen LogP contribution in [0.25, 0.3) is 0 Å². The minimum Gasteiger partial charge on any atom is -0.497 e. The first-order chi connectivity index (χ1) is 10.7. The summed E-state index contributed by atoms with van der Waals surface area (Å²) in [6, 6.07) is 13.7. The van der Waals surface area contributed by atoms with Gasteiger partial charge in [-0.15, -0.1) is 0 Å². The number of ether oxygens (including phenoxy) is 2. The van der Waals surface area contributed by atoms with Gasteiger partial charge in [0.2, 0.25) is 0 Å². The van der Waals surface area contributed by atoms with Gasteiger partial charge in [-0.1, -0.05) is 10.3 Å². The molecule has 0 spiro atoms. The van der Waals surface area contributed by atoms with E-state index >= 15 is 0 Å². The van der Waals surface area contributed by atoms with E-state index < -0.39 is 0 Å². The third-order valence-corrected chi connectivity index (χ3v) is 3.15. The predicted octanol–water partition coefficient (Wildman–Crippen LogP) is 2.76. The summed E-state index contributed by atoms with van der Waals surface area (Å²) in [5.74, 6) is 1.35. The maximum atomic E-state index is 9.31. The number of rotatable bonds is 5. The average Bonchev–Trinajstić information content (AvgIpc) is 2.60. The van der Waals surface area contributed by atoms with Crippen LogP contribution in [0.2, 0.25) is 0 Å². The Hall–Kier alpha value is -3.02. The van der Waals surface area contributed by atoms with Crippen LogP contribution in [0.15, 0.2) is 58.8 Å². The smallest absolute Gasteiger partial charge is 0.139 e. The molecule has 0 saturated heterocycles. The lowest BCUT2D eigenvalue weighted by Crippen LogP contribution is -2.17. The van der Waals surface area contributed by atoms with E-state index in [1.165, 1.54) is 0 Å². The Morgan fingerprint density at radius 2 is 1.00 bits per heavy atom. The highest BCUT2D eigenvalue weighted by atomic mass is 16.5. The Morgan fingerprint density at radius 3 is 1.23 bits per heavy atom. The highest BCUT2D eigenvalue weighted by molar-refractivity contribution is 6.53. The molecule has 114 valence electrons. The van der Waals surface area contributed by atoms with Crippen molar-refractivity contribution in [2.24, 2.45) is 10.3 Å². The van der Waals surface area contributed by atoms with E-state index in [4.69, 9.17) is 9.47 Å². The molecule has 0 heterocycles. The van der Waals surface area contributed by atoms with Crippen LogP contribution >= 0.6 is 0 Å². The Balaban J connectivity index is 2.38. The van der Waals surface area contributed by atoms with Gasteiger partial charge >= 0.3 is 0 Å². The minimum atomic E-state index is 0.148. The molecular formula is C16H16N2O4. The molecule has 0 aliphatic heterocycles. The molecule has 0 amide bonds. The topological polar surface area (TPSA) is 83.6 Å². The predicted molar refractivity (Wildman–Crippen MR) is 82.6 cm³/mol. The number of hydrogen-bond donors (Lipinski definition) is 2. The molecule has 0 fully saturated rings. The molecule has 0 aliphatic carbocycles. The second-order valence-electron chi connectivity index (χ2n) is 4.35. The zero-order valence-electron chi connectivity index (χ0n) is 12.2. The molecule has 0 saturated carbocycles. The molecular weight excluding hydrogens is 284 g/mol. The van der Waals surface area contributed by atoms with Crippen LogP contribution in [0, 0.1) is 0 Å². The molecule has 0 radical (unpaired) electrons. The molecule has 0 bridgehead atoms. The summed E-state index contributed by atoms with van der Waals surface area (Å²) >= 11 is 0. The molecule has 2 rings (SSSR count). The summed E-state index contributed by atoms with van der Waals surface area (Å²) in [5, 5.41) is 25.1. The van der Waals surface area contributed by atoms with Crippen LogP contribution in [0.3, 0.4) is 0 Å². The maximum absolute atomic E-state index is 9.31. The van der Waals surface area contributed by atoms with E-state index in [9.17, 15) is 10.4 Å². The fourth-order valence-corrected chi connectivity index (χ4v) is 1.98. The number of methoxy groups -OCH3 is 2. The van der Waals surface area contributed by atoms with Gasteiger partial charge in [0, 0.05) is 11.1 Å². The monoisotopic (exact) mass is 300 g/mol. The molecule has 6 heteroatoms. The van der Waals surface area contributed by atoms with Gasteiger partial charge in [0.1, 0.15) is 22.9 Å². The van der Waals surface area contributed by atoms with Crippen molar-refractivity contribution in [3.8, 4) is 11.5 Å². The van der Waals surface area contributed by atoms with Crippen molar-refractivity contribution >= 4 is 11.4 Å². The maximum Gasteiger partial charge on any atom is 0.139 e. The zero-order valence-corrected chi connectivity index (χ0v) is 12.2. The molecule has 22 heavy (non-hydrogen) atoms. The van der Waals surface area contributed by atoms with Crippen molar-refractivity contribution in [2.45, 2.75) is 0 Å². The Kier molecular flexibility index (Phi) is 4.98. The first-order valence-corrected chi connectivity index (χ1v) is 6.46. The number of nitrogens with zero attached hydrogens (tertiary/aromatic N) is 2. The van der Waals surface area contributed by atoms with Crippen LogP contribution in [0.5, 0.6) is 11.5 Å². The molecule has 2 N–H and O–H groups in total. The SMILES string of the molecule is COc1ccc(C(=NO)C(=NO)c2ccc(OC)cc2)cc1. The summed E-state index contributed by atoms with van der Waals surface area (Å²) in [4.78, 5) is 0. The third kappa shape index (κ3) is 3.17. The largest absolute Gasteiger partial charge is 0.497 e. The standard InChI is InChI=1S/C16H16N2O4/c1-21-13-7-3-11(4-8-13)15(17-19)16(18-20)12-5-9-14(22-2)10-6-12/h3-10,19-20H,1-2H3. The fraction of sp³-hybridized carbons (Fsp3) is 0.125. The minimum absolute atomic E-state index is 0.148. The Bertz CT molecular complexity index is 615. The van der Waals surface area contributed by atoms with Crippen molar-refractivity contribution < 1.29 is 19.9 Å². The lowest BCUT2D eigenvalue weighted by molar-refractivity contribution is 0.314. The second kappa shape index (κ2) is 7.12. The lowest BCUT2D eigenvalue weighted by atomic mass is 10.00. The number of hydrogen-bond acceptors (Lipinski definition) is 6. The second-order valence-corrected chi connectivity index (χ2v) is 4.35. The first-order valence-electron chi connectivity index (χ1n) is 6.46. The van der Waals surface area contributed by atoms with Gasteiger partial charge < -0.3 is 19.9 Å². The molecule has 2 aromatic rings. The lowest BCUT2D eigenvalue weighted by Gasteiger charge is -2.09. The van der Waals surface area contributed by atoms with Gasteiger partial charge in [-0.25, -0.2) is 0 Å². The van der Waals surface area contributed by atoms with E-state index in [0.717, 1.165) is 0 Å². The summed E-state index contributed by atoms with van der Waals surface area (Å²) < 4.78 is 10.2. The normalized spacial score (nSPS) is 12.1. The Labute approximate surface area is 127 Å². The average molecular weight is 300 g/mol. The van der Waals surface area contributed by atoms with Crippen molar-refractivity contribution in [2.75, 3.05) is 14.2 Å². The van der Waals surface area contributed by atoms with Gasteiger partial charge in [0.25, 0.3) is 0 Å². The highest BCUT2D eigenvalue weighted by Crippen LogP contribution is 2.17. The summed E-state index contributed by atoms with van der Waals surface area (Å²) in [7, 11) is 3.13. The van der Waals surface area contributed by atoms with Gasteiger partial charge in [0.05, 0.1) is 14.2 Å². The first kappa shape index (κ1) is 15.4. The van der Waals surface area contributed by atoms with E-state index in [0.29, 0.717) is 22.6 Å². The van der Waals surface area contributed by atoms with Crippen LogP contribution in [-0.4, -0.2) is 36.1 Å². The molecule has 0 unspecified atom stereocenters. The summed E-state index contributed by atoms with van der Waals surface area (Å²) in [6.07, 6.45) is 0. The van der Waals surface area contributed by atoms with Crippen LogP contribution in [0.1, 0.15) is 11.1 Å². The van der Waals surface area contributed by atoms with Gasteiger partial charge in [-0.3, -0.25) is 0 Å². The molecule has 0 atom stereocenters. The van der Waals surface area contributed by atoms with Crippen molar-refractivity contribution in [1.29, 1.82) is 0 Å². The van der Waals surface area contributed by atoms with E-state index in [1.54, 1.807) is 62.8 Å². The molecule has 6 nitrogen and oxygen atoms in total. The van der Waals surface area contributed by atoms with Crippen molar-refractivity contribution in [3.63, 3.8) is 0 Å². The summed E-state index contributed by atoms with van der Waals surface area (Å²) in [6.45, 7) is 0. The van der Waals surface area contributed by atoms with Crippen molar-refractivity contribution in [3.05, 3.63) is 59.7 Å². The van der Waals surface area contributed by atoms with Crippen molar-refractivity contribution in [1.82, 2.24) is 0 Å². The zero-order chi connectivity index (χ0) is 15.9. The Morgan fingerprint density at radius 1 is 0.682 bits per heavy atom. The summed E-state index contributed by atoms with van der Waals surface area (Å²) in [5.41, 5.74) is 1.48.